The van der Waals surface area contributed by atoms with Crippen molar-refractivity contribution in [2.75, 3.05) is 12.4 Å². The van der Waals surface area contributed by atoms with Gasteiger partial charge in [0.25, 0.3) is 0 Å². The van der Waals surface area contributed by atoms with Crippen molar-refractivity contribution in [1.82, 2.24) is 9.97 Å². The summed E-state index contributed by atoms with van der Waals surface area (Å²) in [6, 6.07) is 12.5. The van der Waals surface area contributed by atoms with Gasteiger partial charge < -0.3 is 5.32 Å². The fraction of sp³-hybridized carbons (Fsp3) is 0.333. The Bertz CT molecular complexity index is 472. The lowest BCUT2D eigenvalue weighted by molar-refractivity contribution is 0.834. The molecule has 2 rings (SSSR count). The summed E-state index contributed by atoms with van der Waals surface area (Å²) in [5.41, 5.74) is 2.42. The first-order valence-electron chi connectivity index (χ1n) is 6.40. The molecule has 0 aliphatic carbocycles. The van der Waals surface area contributed by atoms with Crippen molar-refractivity contribution in [2.24, 2.45) is 0 Å². The molecule has 1 aromatic carbocycles. The molecule has 0 spiro atoms. The molecule has 18 heavy (non-hydrogen) atoms. The minimum absolute atomic E-state index is 0.881. The Morgan fingerprint density at radius 1 is 1.06 bits per heavy atom. The van der Waals surface area contributed by atoms with Crippen LogP contribution < -0.4 is 5.32 Å². The van der Waals surface area contributed by atoms with Crippen LogP contribution in [0.15, 0.2) is 36.4 Å². The van der Waals surface area contributed by atoms with Crippen LogP contribution in [0, 0.1) is 0 Å². The van der Waals surface area contributed by atoms with Gasteiger partial charge in [-0.05, 0) is 18.4 Å². The molecule has 3 nitrogen and oxygen atoms in total. The minimum Gasteiger partial charge on any atom is -0.373 e. The molecule has 0 bridgehead atoms. The second kappa shape index (κ2) is 6.15. The lowest BCUT2D eigenvalue weighted by Gasteiger charge is -2.06. The SMILES string of the molecule is CCc1cc(NC)nc(CCc2ccccc2)n1. The van der Waals surface area contributed by atoms with Crippen molar-refractivity contribution in [2.45, 2.75) is 26.2 Å². The van der Waals surface area contributed by atoms with E-state index in [1.807, 2.05) is 19.2 Å². The van der Waals surface area contributed by atoms with Crippen LogP contribution in [0.1, 0.15) is 24.0 Å². The predicted octanol–water partition coefficient (Wildman–Crippen LogP) is 2.87. The van der Waals surface area contributed by atoms with Crippen LogP contribution in [0.3, 0.4) is 0 Å². The van der Waals surface area contributed by atoms with Crippen molar-refractivity contribution >= 4 is 5.82 Å². The lowest BCUT2D eigenvalue weighted by Crippen LogP contribution is -2.04. The van der Waals surface area contributed by atoms with E-state index < -0.39 is 0 Å². The van der Waals surface area contributed by atoms with E-state index in [1.54, 1.807) is 0 Å². The number of benzene rings is 1. The Hall–Kier alpha value is -1.90. The van der Waals surface area contributed by atoms with Crippen LogP contribution in [0.4, 0.5) is 5.82 Å². The van der Waals surface area contributed by atoms with Crippen LogP contribution in [0.2, 0.25) is 0 Å². The Balaban J connectivity index is 2.09. The van der Waals surface area contributed by atoms with Gasteiger partial charge in [0.15, 0.2) is 0 Å². The normalized spacial score (nSPS) is 10.3. The molecule has 0 fully saturated rings. The highest BCUT2D eigenvalue weighted by Crippen LogP contribution is 2.09. The molecule has 0 saturated heterocycles. The van der Waals surface area contributed by atoms with E-state index in [0.29, 0.717) is 0 Å². The lowest BCUT2D eigenvalue weighted by atomic mass is 10.1. The molecule has 0 atom stereocenters. The molecule has 0 aliphatic heterocycles. The van der Waals surface area contributed by atoms with E-state index in [-0.39, 0.29) is 0 Å². The third-order valence-electron chi connectivity index (χ3n) is 2.92. The van der Waals surface area contributed by atoms with Gasteiger partial charge in [-0.25, -0.2) is 9.97 Å². The number of hydrogen-bond acceptors (Lipinski definition) is 3. The van der Waals surface area contributed by atoms with Crippen molar-refractivity contribution < 1.29 is 0 Å². The second-order valence-corrected chi connectivity index (χ2v) is 4.25. The Labute approximate surface area is 108 Å². The molecule has 2 aromatic rings. The van der Waals surface area contributed by atoms with Crippen molar-refractivity contribution in [3.8, 4) is 0 Å². The summed E-state index contributed by atoms with van der Waals surface area (Å²) in [6.07, 6.45) is 2.80. The summed E-state index contributed by atoms with van der Waals surface area (Å²) in [6.45, 7) is 2.11. The Morgan fingerprint density at radius 2 is 1.83 bits per heavy atom. The van der Waals surface area contributed by atoms with Gasteiger partial charge in [0.05, 0.1) is 0 Å². The Kier molecular flexibility index (Phi) is 4.29. The van der Waals surface area contributed by atoms with Crippen molar-refractivity contribution in [3.63, 3.8) is 0 Å². The predicted molar refractivity (Wildman–Crippen MR) is 74.8 cm³/mol. The average Bonchev–Trinajstić information content (AvgIpc) is 2.45. The summed E-state index contributed by atoms with van der Waals surface area (Å²) in [7, 11) is 1.89. The molecule has 0 amide bonds. The maximum absolute atomic E-state index is 4.56. The van der Waals surface area contributed by atoms with E-state index >= 15 is 0 Å². The van der Waals surface area contributed by atoms with E-state index in [0.717, 1.165) is 36.6 Å². The average molecular weight is 241 g/mol. The maximum atomic E-state index is 4.56. The van der Waals surface area contributed by atoms with Crippen molar-refractivity contribution in [1.29, 1.82) is 0 Å². The fourth-order valence-electron chi connectivity index (χ4n) is 1.87. The highest BCUT2D eigenvalue weighted by atomic mass is 15.0. The number of aromatic nitrogens is 2. The molecule has 3 heteroatoms. The number of nitrogens with zero attached hydrogens (tertiary/aromatic N) is 2. The number of nitrogens with one attached hydrogen (secondary N) is 1. The van der Waals surface area contributed by atoms with Gasteiger partial charge in [0.1, 0.15) is 11.6 Å². The zero-order chi connectivity index (χ0) is 12.8. The highest BCUT2D eigenvalue weighted by Gasteiger charge is 2.03. The summed E-state index contributed by atoms with van der Waals surface area (Å²) < 4.78 is 0. The van der Waals surface area contributed by atoms with Gasteiger partial charge >= 0.3 is 0 Å². The molecule has 0 saturated carbocycles. The van der Waals surface area contributed by atoms with Gasteiger partial charge in [-0.2, -0.15) is 0 Å². The van der Waals surface area contributed by atoms with Crippen LogP contribution >= 0.6 is 0 Å². The molecule has 1 N–H and O–H groups in total. The van der Waals surface area contributed by atoms with Gasteiger partial charge in [0.2, 0.25) is 0 Å². The maximum Gasteiger partial charge on any atom is 0.131 e. The minimum atomic E-state index is 0.881. The molecule has 1 heterocycles. The molecule has 1 aromatic heterocycles. The summed E-state index contributed by atoms with van der Waals surface area (Å²) >= 11 is 0. The molecular formula is C15H19N3. The fourth-order valence-corrected chi connectivity index (χ4v) is 1.87. The van der Waals surface area contributed by atoms with Crippen LogP contribution in [0.25, 0.3) is 0 Å². The topological polar surface area (TPSA) is 37.8 Å². The summed E-state index contributed by atoms with van der Waals surface area (Å²) in [5.74, 6) is 1.83. The third kappa shape index (κ3) is 3.29. The van der Waals surface area contributed by atoms with E-state index in [2.05, 4.69) is 46.5 Å². The van der Waals surface area contributed by atoms with Gasteiger partial charge in [-0.3, -0.25) is 0 Å². The quantitative estimate of drug-likeness (QED) is 0.874. The molecule has 0 aliphatic rings. The van der Waals surface area contributed by atoms with E-state index in [4.69, 9.17) is 0 Å². The zero-order valence-electron chi connectivity index (χ0n) is 11.0. The number of rotatable bonds is 5. The first-order valence-corrected chi connectivity index (χ1v) is 6.40. The smallest absolute Gasteiger partial charge is 0.131 e. The van der Waals surface area contributed by atoms with Crippen LogP contribution in [-0.4, -0.2) is 17.0 Å². The number of hydrogen-bond donors (Lipinski definition) is 1. The largest absolute Gasteiger partial charge is 0.373 e. The highest BCUT2D eigenvalue weighted by molar-refractivity contribution is 5.35. The molecule has 0 radical (unpaired) electrons. The van der Waals surface area contributed by atoms with Crippen LogP contribution in [0.5, 0.6) is 0 Å². The second-order valence-electron chi connectivity index (χ2n) is 4.25. The number of anilines is 1. The van der Waals surface area contributed by atoms with E-state index in [1.165, 1.54) is 5.56 Å². The standard InChI is InChI=1S/C15H19N3/c1-3-13-11-15(16-2)18-14(17-13)10-9-12-7-5-4-6-8-12/h4-8,11H,3,9-10H2,1-2H3,(H,16,17,18). The summed E-state index contributed by atoms with van der Waals surface area (Å²) in [4.78, 5) is 9.06. The summed E-state index contributed by atoms with van der Waals surface area (Å²) in [5, 5.41) is 3.09. The molecular weight excluding hydrogens is 222 g/mol. The Morgan fingerprint density at radius 3 is 2.50 bits per heavy atom. The van der Waals surface area contributed by atoms with Gasteiger partial charge in [-0.15, -0.1) is 0 Å². The first kappa shape index (κ1) is 12.6. The van der Waals surface area contributed by atoms with Gasteiger partial charge in [0, 0.05) is 25.2 Å². The molecule has 94 valence electrons. The monoisotopic (exact) mass is 241 g/mol. The molecule has 0 unspecified atom stereocenters. The van der Waals surface area contributed by atoms with E-state index in [9.17, 15) is 0 Å². The third-order valence-corrected chi connectivity index (χ3v) is 2.92. The van der Waals surface area contributed by atoms with Crippen molar-refractivity contribution in [3.05, 3.63) is 53.5 Å². The number of aryl methyl sites for hydroxylation is 3. The van der Waals surface area contributed by atoms with Crippen LogP contribution in [-0.2, 0) is 19.3 Å². The zero-order valence-corrected chi connectivity index (χ0v) is 11.0. The van der Waals surface area contributed by atoms with Gasteiger partial charge in [-0.1, -0.05) is 37.3 Å². The first-order chi connectivity index (χ1) is 8.81.